The third-order valence-corrected chi connectivity index (χ3v) is 18.8. The van der Waals surface area contributed by atoms with Gasteiger partial charge in [0.2, 0.25) is 11.5 Å². The monoisotopic (exact) mass is 944 g/mol. The summed E-state index contributed by atoms with van der Waals surface area (Å²) in [7, 11) is -2.22. The van der Waals surface area contributed by atoms with E-state index in [1.807, 2.05) is 65.6 Å². The number of anilines is 1. The molecule has 1 aliphatic heterocycles. The Labute approximate surface area is 403 Å². The summed E-state index contributed by atoms with van der Waals surface area (Å²) >= 11 is 0. The number of phenols is 1. The first-order chi connectivity index (χ1) is 32.7. The Balaban J connectivity index is 0.784. The van der Waals surface area contributed by atoms with E-state index in [4.69, 9.17) is 13.9 Å². The first kappa shape index (κ1) is 50.6. The molecule has 2 heterocycles. The minimum absolute atomic E-state index is 0.0225. The van der Waals surface area contributed by atoms with E-state index >= 15 is 0 Å². The molecule has 1 saturated heterocycles. The quantitative estimate of drug-likeness (QED) is 0.0394. The van der Waals surface area contributed by atoms with Gasteiger partial charge in [-0.15, -0.1) is 0 Å². The maximum absolute atomic E-state index is 13.3. The highest BCUT2D eigenvalue weighted by atomic mass is 28.4. The van der Waals surface area contributed by atoms with E-state index in [2.05, 4.69) is 85.6 Å². The third-order valence-electron chi connectivity index (χ3n) is 14.3. The van der Waals surface area contributed by atoms with Gasteiger partial charge < -0.3 is 39.1 Å². The van der Waals surface area contributed by atoms with Gasteiger partial charge in [-0.05, 0) is 103 Å². The van der Waals surface area contributed by atoms with Crippen LogP contribution in [-0.4, -0.2) is 105 Å². The van der Waals surface area contributed by atoms with Gasteiger partial charge in [0.05, 0.1) is 36.9 Å². The number of H-pyrrole nitrogens is 1. The summed E-state index contributed by atoms with van der Waals surface area (Å²) in [4.78, 5) is 45.7. The predicted octanol–water partition coefficient (Wildman–Crippen LogP) is 9.94. The molecule has 3 atom stereocenters. The van der Waals surface area contributed by atoms with Crippen LogP contribution in [0.1, 0.15) is 76.2 Å². The number of nitrogens with zero attached hydrogens (tertiary/aromatic N) is 2. The lowest BCUT2D eigenvalue weighted by Crippen LogP contribution is -2.44. The summed E-state index contributed by atoms with van der Waals surface area (Å²) in [6.45, 7) is 19.5. The molecule has 2 aliphatic rings. The average molecular weight is 944 g/mol. The second-order valence-electron chi connectivity index (χ2n) is 20.2. The van der Waals surface area contributed by atoms with Crippen LogP contribution in [0.2, 0.25) is 18.1 Å². The number of likely N-dealkylation sites (tertiary alicyclic amines) is 1. The number of ether oxygens (including phenoxy) is 2. The van der Waals surface area contributed by atoms with E-state index in [0.29, 0.717) is 63.2 Å². The lowest BCUT2D eigenvalue weighted by molar-refractivity contribution is -0.132. The molecule has 1 aromatic heterocycles. The second kappa shape index (κ2) is 23.3. The number of hydrogen-bond acceptors (Lipinski definition) is 9. The first-order valence-electron chi connectivity index (χ1n) is 24.7. The number of hydrogen-bond donors (Lipinski definition) is 4. The third kappa shape index (κ3) is 13.5. The Kier molecular flexibility index (Phi) is 17.3. The Hall–Kier alpha value is -5.31. The van der Waals surface area contributed by atoms with Gasteiger partial charge >= 0.3 is 6.09 Å². The van der Waals surface area contributed by atoms with Crippen molar-refractivity contribution in [3.63, 3.8) is 0 Å². The fourth-order valence-electron chi connectivity index (χ4n) is 9.51. The molecular formula is C55H73N5O7Si. The van der Waals surface area contributed by atoms with Crippen LogP contribution in [0.15, 0.2) is 108 Å². The van der Waals surface area contributed by atoms with Crippen molar-refractivity contribution in [3.05, 3.63) is 130 Å². The summed E-state index contributed by atoms with van der Waals surface area (Å²) in [6, 6.07) is 33.5. The fraction of sp³-hybridized carbons (Fsp3) is 0.473. The molecule has 1 saturated carbocycles. The Bertz CT molecular complexity index is 2480. The largest absolute Gasteiger partial charge is 0.506 e. The van der Waals surface area contributed by atoms with Crippen molar-refractivity contribution >= 4 is 36.9 Å². The summed E-state index contributed by atoms with van der Waals surface area (Å²) in [5.74, 6) is 1.22. The number of rotatable bonds is 22. The van der Waals surface area contributed by atoms with Crippen molar-refractivity contribution in [1.29, 1.82) is 0 Å². The van der Waals surface area contributed by atoms with Gasteiger partial charge in [-0.25, -0.2) is 4.79 Å². The van der Waals surface area contributed by atoms with E-state index in [0.717, 1.165) is 79.5 Å². The number of aromatic hydroxyl groups is 1. The zero-order valence-corrected chi connectivity index (χ0v) is 42.0. The number of phenolic OH excluding ortho intramolecular Hbond substituents is 1. The molecule has 2 amide bonds. The van der Waals surface area contributed by atoms with Crippen molar-refractivity contribution in [2.24, 2.45) is 11.8 Å². The fourth-order valence-corrected chi connectivity index (χ4v) is 10.8. The molecule has 13 heteroatoms. The molecule has 1 aliphatic carbocycles. The molecule has 4 N–H and O–H groups in total. The summed E-state index contributed by atoms with van der Waals surface area (Å²) < 4.78 is 18.9. The average Bonchev–Trinajstić information content (AvgIpc) is 3.87. The second-order valence-corrected chi connectivity index (χ2v) is 25.0. The van der Waals surface area contributed by atoms with Gasteiger partial charge in [-0.1, -0.05) is 107 Å². The summed E-state index contributed by atoms with van der Waals surface area (Å²) in [5, 5.41) is 17.8. The molecule has 68 heavy (non-hydrogen) atoms. The number of para-hydroxylation sites is 1. The number of nitrogens with one attached hydrogen (secondary N) is 3. The standard InChI is InChI=1S/C55H73N5O7Si/c1-7-29-60(31-28-56-36-50(67-68(5,6)55(2,3)4)46-21-23-49(61)53-47(46)22-24-51(62)58-53)52(63)27-33-65-32-26-40-19-17-39(18-20-40)25-30-59-37-42-34-44(35-43(42)38-59)66-54(64)57-48-16-12-11-15-45(48)41-13-9-8-10-14-41/h8-24,42-44,50,56,61H,7,25-38H2,1-6H3,(H,57,64)(H,58,62)/t42?,43?,44?,50-/m0/s1. The van der Waals surface area contributed by atoms with E-state index in [1.54, 1.807) is 12.1 Å². The number of pyridine rings is 1. The maximum Gasteiger partial charge on any atom is 0.411 e. The number of fused-ring (bicyclic) bond motifs is 2. The van der Waals surface area contributed by atoms with Gasteiger partial charge in [-0.2, -0.15) is 0 Å². The topological polar surface area (TPSA) is 145 Å². The van der Waals surface area contributed by atoms with Crippen molar-refractivity contribution in [2.45, 2.75) is 96.6 Å². The number of carbonyl (C=O) groups is 2. The van der Waals surface area contributed by atoms with Crippen LogP contribution in [-0.2, 0) is 31.5 Å². The zero-order valence-electron chi connectivity index (χ0n) is 41.0. The molecule has 364 valence electrons. The van der Waals surface area contributed by atoms with Crippen LogP contribution in [0.25, 0.3) is 22.0 Å². The van der Waals surface area contributed by atoms with Crippen molar-refractivity contribution in [1.82, 2.24) is 20.1 Å². The zero-order chi connectivity index (χ0) is 48.3. The van der Waals surface area contributed by atoms with Crippen LogP contribution in [0.5, 0.6) is 5.75 Å². The van der Waals surface area contributed by atoms with Crippen molar-refractivity contribution in [2.75, 3.05) is 64.3 Å². The molecule has 7 rings (SSSR count). The van der Waals surface area contributed by atoms with Gasteiger partial charge in [-0.3, -0.25) is 14.9 Å². The van der Waals surface area contributed by atoms with Crippen LogP contribution < -0.4 is 16.2 Å². The molecule has 12 nitrogen and oxygen atoms in total. The van der Waals surface area contributed by atoms with Gasteiger partial charge in [0.1, 0.15) is 11.9 Å². The molecule has 2 unspecified atom stereocenters. The van der Waals surface area contributed by atoms with Crippen molar-refractivity contribution in [3.8, 4) is 16.9 Å². The molecule has 0 spiro atoms. The van der Waals surface area contributed by atoms with Gasteiger partial charge in [0.15, 0.2) is 8.32 Å². The van der Waals surface area contributed by atoms with E-state index < -0.39 is 8.32 Å². The highest BCUT2D eigenvalue weighted by Gasteiger charge is 2.42. The first-order valence-corrected chi connectivity index (χ1v) is 27.6. The minimum atomic E-state index is -2.22. The summed E-state index contributed by atoms with van der Waals surface area (Å²) in [6.07, 6.45) is 4.06. The number of aromatic amines is 1. The Morgan fingerprint density at radius 2 is 1.56 bits per heavy atom. The molecular weight excluding hydrogens is 871 g/mol. The van der Waals surface area contributed by atoms with Crippen LogP contribution in [0.3, 0.4) is 0 Å². The molecule has 2 fully saturated rings. The van der Waals surface area contributed by atoms with Crippen LogP contribution >= 0.6 is 0 Å². The lowest BCUT2D eigenvalue weighted by Gasteiger charge is -2.39. The summed E-state index contributed by atoms with van der Waals surface area (Å²) in [5.41, 5.74) is 6.36. The van der Waals surface area contributed by atoms with E-state index in [-0.39, 0.29) is 40.6 Å². The van der Waals surface area contributed by atoms with E-state index in [9.17, 15) is 19.5 Å². The minimum Gasteiger partial charge on any atom is -0.506 e. The number of carbonyl (C=O) groups excluding carboxylic acids is 2. The van der Waals surface area contributed by atoms with Crippen LogP contribution in [0, 0.1) is 11.8 Å². The SMILES string of the molecule is CCCN(CCNC[C@H](O[Si](C)(C)C(C)(C)C)c1ccc(O)c2[nH]c(=O)ccc12)C(=O)CCOCCc1ccc(CCN2CC3CC(OC(=O)Nc4ccccc4-c4ccccc4)CC3C2)cc1. The van der Waals surface area contributed by atoms with E-state index in [1.165, 1.54) is 17.2 Å². The lowest BCUT2D eigenvalue weighted by atomic mass is 10.0. The van der Waals surface area contributed by atoms with Crippen LogP contribution in [0.4, 0.5) is 10.5 Å². The smallest absolute Gasteiger partial charge is 0.411 e. The molecule has 0 radical (unpaired) electrons. The molecule has 4 aromatic carbocycles. The Morgan fingerprint density at radius 3 is 2.26 bits per heavy atom. The molecule has 0 bridgehead atoms. The van der Waals surface area contributed by atoms with Gasteiger partial charge in [0, 0.05) is 62.8 Å². The number of benzene rings is 4. The normalized spacial score (nSPS) is 17.8. The predicted molar refractivity (Wildman–Crippen MR) is 275 cm³/mol. The Morgan fingerprint density at radius 1 is 0.868 bits per heavy atom. The maximum atomic E-state index is 13.3. The van der Waals surface area contributed by atoms with Crippen molar-refractivity contribution < 1.29 is 28.6 Å². The van der Waals surface area contributed by atoms with Gasteiger partial charge in [0.25, 0.3) is 0 Å². The molecule has 5 aromatic rings. The number of aromatic nitrogens is 1. The highest BCUT2D eigenvalue weighted by molar-refractivity contribution is 6.74. The number of amides is 2. The highest BCUT2D eigenvalue weighted by Crippen LogP contribution is 2.42.